The average molecular weight is 162 g/mol. The van der Waals surface area contributed by atoms with Gasteiger partial charge in [0.25, 0.3) is 0 Å². The third-order valence-electron chi connectivity index (χ3n) is 1.43. The molecule has 0 saturated heterocycles. The van der Waals surface area contributed by atoms with Gasteiger partial charge in [-0.2, -0.15) is 0 Å². The van der Waals surface area contributed by atoms with Gasteiger partial charge in [0.15, 0.2) is 0 Å². The van der Waals surface area contributed by atoms with E-state index >= 15 is 0 Å². The van der Waals surface area contributed by atoms with Crippen LogP contribution in [0.2, 0.25) is 0 Å². The van der Waals surface area contributed by atoms with Gasteiger partial charge >= 0.3 is 0 Å². The maximum Gasteiger partial charge on any atom is 0.145 e. The highest BCUT2D eigenvalue weighted by Gasteiger charge is 1.99. The Bertz CT molecular complexity index is 90.5. The van der Waals surface area contributed by atoms with E-state index in [0.29, 0.717) is 6.73 Å². The molecule has 0 aliphatic heterocycles. The number of aliphatic hydroxyl groups excluding tert-OH is 1. The number of ether oxygens (including phenoxy) is 1. The van der Waals surface area contributed by atoms with Gasteiger partial charge in [0, 0.05) is 0 Å². The Balaban J connectivity index is 3.27. The van der Waals surface area contributed by atoms with Crippen LogP contribution in [-0.4, -0.2) is 55.7 Å². The molecule has 4 heteroatoms. The molecular formula is C7H18N2O2. The molecule has 0 bridgehead atoms. The molecule has 68 valence electrons. The Labute approximate surface area is 68.4 Å². The maximum absolute atomic E-state index is 8.34. The van der Waals surface area contributed by atoms with Gasteiger partial charge in [-0.3, -0.25) is 9.80 Å². The predicted octanol–water partition coefficient (Wildman–Crippen LogP) is -0.249. The summed E-state index contributed by atoms with van der Waals surface area (Å²) in [6.07, 6.45) is 0. The zero-order valence-corrected chi connectivity index (χ0v) is 7.58. The molecule has 1 N–H and O–H groups in total. The third kappa shape index (κ3) is 6.25. The number of nitrogens with zero attached hydrogens (tertiary/aromatic N) is 2. The first kappa shape index (κ1) is 10.8. The van der Waals surface area contributed by atoms with Crippen molar-refractivity contribution in [1.82, 2.24) is 9.80 Å². The molecule has 0 radical (unpaired) electrons. The highest BCUT2D eigenvalue weighted by molar-refractivity contribution is 4.44. The van der Waals surface area contributed by atoms with Crippen LogP contribution in [0.15, 0.2) is 0 Å². The lowest BCUT2D eigenvalue weighted by Gasteiger charge is -2.22. The number of aliphatic hydroxyl groups is 1. The predicted molar refractivity (Wildman–Crippen MR) is 44.0 cm³/mol. The van der Waals surface area contributed by atoms with Crippen LogP contribution in [0.1, 0.15) is 6.92 Å². The Morgan fingerprint density at radius 3 is 2.36 bits per heavy atom. The molecule has 0 saturated carbocycles. The van der Waals surface area contributed by atoms with Crippen LogP contribution >= 0.6 is 0 Å². The molecule has 0 amide bonds. The fraction of sp³-hybridized carbons (Fsp3) is 1.00. The lowest BCUT2D eigenvalue weighted by atomic mass is 10.6. The van der Waals surface area contributed by atoms with Gasteiger partial charge in [-0.1, -0.05) is 6.92 Å². The van der Waals surface area contributed by atoms with E-state index in [1.165, 1.54) is 0 Å². The van der Waals surface area contributed by atoms with Crippen molar-refractivity contribution in [2.45, 2.75) is 6.92 Å². The van der Waals surface area contributed by atoms with Crippen molar-refractivity contribution in [3.05, 3.63) is 0 Å². The number of hydrogen-bond donors (Lipinski definition) is 1. The maximum atomic E-state index is 8.34. The Morgan fingerprint density at radius 2 is 1.91 bits per heavy atom. The van der Waals surface area contributed by atoms with Crippen molar-refractivity contribution in [1.29, 1.82) is 0 Å². The Hall–Kier alpha value is -0.160. The van der Waals surface area contributed by atoms with Gasteiger partial charge in [0.05, 0.1) is 6.67 Å². The van der Waals surface area contributed by atoms with Gasteiger partial charge in [-0.25, -0.2) is 0 Å². The monoisotopic (exact) mass is 162 g/mol. The second kappa shape index (κ2) is 6.54. The second-order valence-corrected chi connectivity index (χ2v) is 2.63. The van der Waals surface area contributed by atoms with Crippen molar-refractivity contribution < 1.29 is 9.84 Å². The highest BCUT2D eigenvalue weighted by Crippen LogP contribution is 1.87. The lowest BCUT2D eigenvalue weighted by Crippen LogP contribution is -2.34. The zero-order valence-electron chi connectivity index (χ0n) is 7.58. The summed E-state index contributed by atoms with van der Waals surface area (Å²) in [4.78, 5) is 4.14. The molecule has 11 heavy (non-hydrogen) atoms. The summed E-state index contributed by atoms with van der Waals surface area (Å²) in [5.74, 6) is 0. The molecule has 0 aromatic heterocycles. The molecular weight excluding hydrogens is 144 g/mol. The van der Waals surface area contributed by atoms with E-state index in [9.17, 15) is 0 Å². The topological polar surface area (TPSA) is 35.9 Å². The second-order valence-electron chi connectivity index (χ2n) is 2.63. The van der Waals surface area contributed by atoms with Crippen LogP contribution in [0.3, 0.4) is 0 Å². The van der Waals surface area contributed by atoms with Crippen LogP contribution < -0.4 is 0 Å². The van der Waals surface area contributed by atoms with Crippen LogP contribution in [0.25, 0.3) is 0 Å². The van der Waals surface area contributed by atoms with Crippen LogP contribution in [0.5, 0.6) is 0 Å². The minimum atomic E-state index is -0.208. The summed E-state index contributed by atoms with van der Waals surface area (Å²) in [6.45, 7) is 4.24. The number of hydrogen-bond acceptors (Lipinski definition) is 4. The SMILES string of the molecule is CCN(C)CN(C)COCO. The molecule has 0 aliphatic carbocycles. The first-order valence-electron chi connectivity index (χ1n) is 3.76. The molecule has 0 aromatic rings. The fourth-order valence-corrected chi connectivity index (χ4v) is 0.750. The van der Waals surface area contributed by atoms with Gasteiger partial charge in [0.1, 0.15) is 13.5 Å². The first-order valence-corrected chi connectivity index (χ1v) is 3.76. The van der Waals surface area contributed by atoms with E-state index in [-0.39, 0.29) is 6.79 Å². The summed E-state index contributed by atoms with van der Waals surface area (Å²) in [7, 11) is 3.98. The average Bonchev–Trinajstić information content (AvgIpc) is 2.00. The first-order chi connectivity index (χ1) is 5.20. The third-order valence-corrected chi connectivity index (χ3v) is 1.43. The summed E-state index contributed by atoms with van der Waals surface area (Å²) in [5.41, 5.74) is 0. The summed E-state index contributed by atoms with van der Waals surface area (Å²) < 4.78 is 4.80. The van der Waals surface area contributed by atoms with Gasteiger partial charge in [0.2, 0.25) is 0 Å². The van der Waals surface area contributed by atoms with Gasteiger partial charge in [-0.05, 0) is 20.6 Å². The van der Waals surface area contributed by atoms with Crippen molar-refractivity contribution in [2.24, 2.45) is 0 Å². The van der Waals surface area contributed by atoms with Crippen molar-refractivity contribution >= 4 is 0 Å². The molecule has 0 aliphatic rings. The quantitative estimate of drug-likeness (QED) is 0.546. The van der Waals surface area contributed by atoms with Gasteiger partial charge in [-0.15, -0.1) is 0 Å². The molecule has 0 rings (SSSR count). The smallest absolute Gasteiger partial charge is 0.145 e. The normalized spacial score (nSPS) is 11.5. The molecule has 0 aromatic carbocycles. The van der Waals surface area contributed by atoms with Crippen molar-refractivity contribution in [3.63, 3.8) is 0 Å². The van der Waals surface area contributed by atoms with E-state index in [2.05, 4.69) is 11.8 Å². The summed E-state index contributed by atoms with van der Waals surface area (Å²) in [5, 5.41) is 8.34. The minimum Gasteiger partial charge on any atom is -0.371 e. The molecule has 0 unspecified atom stereocenters. The van der Waals surface area contributed by atoms with Crippen LogP contribution in [-0.2, 0) is 4.74 Å². The molecule has 4 nitrogen and oxygen atoms in total. The summed E-state index contributed by atoms with van der Waals surface area (Å²) >= 11 is 0. The fourth-order valence-electron chi connectivity index (χ4n) is 0.750. The lowest BCUT2D eigenvalue weighted by molar-refractivity contribution is -0.0568. The zero-order chi connectivity index (χ0) is 8.69. The van der Waals surface area contributed by atoms with Crippen molar-refractivity contribution in [2.75, 3.05) is 40.8 Å². The number of rotatable bonds is 6. The Morgan fingerprint density at radius 1 is 1.27 bits per heavy atom. The van der Waals surface area contributed by atoms with E-state index in [1.807, 2.05) is 19.0 Å². The van der Waals surface area contributed by atoms with Gasteiger partial charge < -0.3 is 9.84 Å². The Kier molecular flexibility index (Phi) is 6.45. The largest absolute Gasteiger partial charge is 0.371 e. The van der Waals surface area contributed by atoms with E-state index in [0.717, 1.165) is 13.2 Å². The van der Waals surface area contributed by atoms with Crippen molar-refractivity contribution in [3.8, 4) is 0 Å². The van der Waals surface area contributed by atoms with Crippen LogP contribution in [0, 0.1) is 0 Å². The van der Waals surface area contributed by atoms with E-state index in [1.54, 1.807) is 0 Å². The van der Waals surface area contributed by atoms with E-state index in [4.69, 9.17) is 9.84 Å². The minimum absolute atomic E-state index is 0.208. The highest BCUT2D eigenvalue weighted by atomic mass is 16.6. The molecule has 0 heterocycles. The molecule has 0 atom stereocenters. The molecule has 0 fully saturated rings. The van der Waals surface area contributed by atoms with Crippen LogP contribution in [0.4, 0.5) is 0 Å². The van der Waals surface area contributed by atoms with E-state index < -0.39 is 0 Å². The standard InChI is InChI=1S/C7H18N2O2/c1-4-8(2)5-9(3)6-11-7-10/h10H,4-7H2,1-3H3. The summed E-state index contributed by atoms with van der Waals surface area (Å²) in [6, 6.07) is 0. The molecule has 0 spiro atoms.